The summed E-state index contributed by atoms with van der Waals surface area (Å²) in [5, 5.41) is 0. The Bertz CT molecular complexity index is 592. The number of pyridine rings is 1. The molecule has 98 valence electrons. The van der Waals surface area contributed by atoms with Gasteiger partial charge in [0.15, 0.2) is 0 Å². The molecular weight excluding hydrogens is 234 g/mol. The van der Waals surface area contributed by atoms with Crippen LogP contribution < -0.4 is 5.73 Å². The van der Waals surface area contributed by atoms with E-state index in [0.29, 0.717) is 0 Å². The van der Waals surface area contributed by atoms with E-state index in [4.69, 9.17) is 5.73 Å². The number of hydrogen-bond donors (Lipinski definition) is 1. The van der Waals surface area contributed by atoms with Crippen LogP contribution in [0.1, 0.15) is 22.4 Å². The van der Waals surface area contributed by atoms with E-state index in [9.17, 15) is 0 Å². The van der Waals surface area contributed by atoms with Crippen molar-refractivity contribution >= 4 is 5.69 Å². The van der Waals surface area contributed by atoms with Crippen LogP contribution in [0.15, 0.2) is 36.5 Å². The summed E-state index contributed by atoms with van der Waals surface area (Å²) in [6.07, 6.45) is 2.95. The van der Waals surface area contributed by atoms with Crippen LogP contribution in [0.3, 0.4) is 0 Å². The molecule has 1 aliphatic heterocycles. The second kappa shape index (κ2) is 5.02. The van der Waals surface area contributed by atoms with Gasteiger partial charge in [-0.05, 0) is 42.2 Å². The second-order valence-electron chi connectivity index (χ2n) is 5.21. The minimum Gasteiger partial charge on any atom is -0.398 e. The molecule has 0 amide bonds. The molecule has 2 heterocycles. The quantitative estimate of drug-likeness (QED) is 0.836. The van der Waals surface area contributed by atoms with Gasteiger partial charge >= 0.3 is 0 Å². The van der Waals surface area contributed by atoms with E-state index in [1.54, 1.807) is 0 Å². The molecule has 19 heavy (non-hydrogen) atoms. The van der Waals surface area contributed by atoms with E-state index in [1.165, 1.54) is 22.4 Å². The van der Waals surface area contributed by atoms with E-state index in [1.807, 2.05) is 24.4 Å². The summed E-state index contributed by atoms with van der Waals surface area (Å²) in [6, 6.07) is 10.3. The lowest BCUT2D eigenvalue weighted by Gasteiger charge is -2.29. The minimum absolute atomic E-state index is 0.903. The van der Waals surface area contributed by atoms with Crippen LogP contribution in [-0.2, 0) is 19.5 Å². The Balaban J connectivity index is 1.79. The first-order valence-electron chi connectivity index (χ1n) is 6.73. The molecule has 0 unspecified atom stereocenters. The number of nitrogens with zero attached hydrogens (tertiary/aromatic N) is 2. The van der Waals surface area contributed by atoms with E-state index in [0.717, 1.165) is 31.7 Å². The smallest absolute Gasteiger partial charge is 0.0573 e. The van der Waals surface area contributed by atoms with E-state index < -0.39 is 0 Å². The summed E-state index contributed by atoms with van der Waals surface area (Å²) in [7, 11) is 0. The summed E-state index contributed by atoms with van der Waals surface area (Å²) in [6.45, 7) is 5.03. The van der Waals surface area contributed by atoms with Crippen molar-refractivity contribution < 1.29 is 0 Å². The number of fused-ring (bicyclic) bond motifs is 1. The van der Waals surface area contributed by atoms with Crippen LogP contribution in [0, 0.1) is 6.92 Å². The molecule has 0 saturated heterocycles. The fraction of sp³-hybridized carbons (Fsp3) is 0.312. The van der Waals surface area contributed by atoms with Gasteiger partial charge in [0.05, 0.1) is 5.69 Å². The van der Waals surface area contributed by atoms with Gasteiger partial charge in [-0.2, -0.15) is 0 Å². The van der Waals surface area contributed by atoms with Gasteiger partial charge in [0.1, 0.15) is 0 Å². The Hall–Kier alpha value is -1.87. The zero-order chi connectivity index (χ0) is 13.2. The molecular formula is C16H19N3. The number of aromatic nitrogens is 1. The highest BCUT2D eigenvalue weighted by Gasteiger charge is 2.18. The lowest BCUT2D eigenvalue weighted by Crippen LogP contribution is -2.31. The lowest BCUT2D eigenvalue weighted by atomic mass is 9.98. The van der Waals surface area contributed by atoms with Crippen LogP contribution in [0.4, 0.5) is 5.69 Å². The molecule has 0 bridgehead atoms. The Labute approximate surface area is 114 Å². The average molecular weight is 253 g/mol. The zero-order valence-corrected chi connectivity index (χ0v) is 11.3. The molecule has 3 rings (SSSR count). The number of nitrogens with two attached hydrogens (primary N) is 1. The van der Waals surface area contributed by atoms with Gasteiger partial charge in [0.25, 0.3) is 0 Å². The van der Waals surface area contributed by atoms with E-state index in [-0.39, 0.29) is 0 Å². The second-order valence-corrected chi connectivity index (χ2v) is 5.21. The van der Waals surface area contributed by atoms with Crippen molar-refractivity contribution in [3.8, 4) is 0 Å². The SMILES string of the molecule is Cc1cccnc1CN1CCc2cccc(N)c2C1. The predicted octanol–water partition coefficient (Wildman–Crippen LogP) is 2.53. The molecule has 0 aliphatic carbocycles. The number of aryl methyl sites for hydroxylation is 1. The van der Waals surface area contributed by atoms with Crippen LogP contribution in [0.25, 0.3) is 0 Å². The average Bonchev–Trinajstić information content (AvgIpc) is 2.42. The largest absolute Gasteiger partial charge is 0.398 e. The first kappa shape index (κ1) is 12.2. The summed E-state index contributed by atoms with van der Waals surface area (Å²) >= 11 is 0. The normalized spacial score (nSPS) is 15.2. The first-order valence-corrected chi connectivity index (χ1v) is 6.73. The predicted molar refractivity (Wildman–Crippen MR) is 77.6 cm³/mol. The highest BCUT2D eigenvalue weighted by atomic mass is 15.1. The first-order chi connectivity index (χ1) is 9.24. The monoisotopic (exact) mass is 253 g/mol. The molecule has 0 saturated carbocycles. The van der Waals surface area contributed by atoms with Crippen molar-refractivity contribution in [2.75, 3.05) is 12.3 Å². The van der Waals surface area contributed by atoms with Crippen molar-refractivity contribution in [1.29, 1.82) is 0 Å². The highest BCUT2D eigenvalue weighted by Crippen LogP contribution is 2.25. The molecule has 0 atom stereocenters. The van der Waals surface area contributed by atoms with Gasteiger partial charge in [-0.1, -0.05) is 18.2 Å². The molecule has 3 heteroatoms. The maximum Gasteiger partial charge on any atom is 0.0573 e. The van der Waals surface area contributed by atoms with Crippen LogP contribution >= 0.6 is 0 Å². The molecule has 0 spiro atoms. The number of rotatable bonds is 2. The van der Waals surface area contributed by atoms with Gasteiger partial charge in [-0.25, -0.2) is 0 Å². The van der Waals surface area contributed by atoms with Gasteiger partial charge < -0.3 is 5.73 Å². The molecule has 1 aliphatic rings. The molecule has 1 aromatic carbocycles. The summed E-state index contributed by atoms with van der Waals surface area (Å²) in [5.41, 5.74) is 12.1. The summed E-state index contributed by atoms with van der Waals surface area (Å²) in [4.78, 5) is 6.90. The standard InChI is InChI=1S/C16H19N3/c1-12-4-3-8-18-16(12)11-19-9-7-13-5-2-6-15(17)14(13)10-19/h2-6,8H,7,9-11,17H2,1H3. The Morgan fingerprint density at radius 3 is 3.00 bits per heavy atom. The summed E-state index contributed by atoms with van der Waals surface area (Å²) < 4.78 is 0. The maximum atomic E-state index is 6.08. The van der Waals surface area contributed by atoms with Crippen molar-refractivity contribution in [2.24, 2.45) is 0 Å². The molecule has 2 N–H and O–H groups in total. The minimum atomic E-state index is 0.903. The van der Waals surface area contributed by atoms with Crippen molar-refractivity contribution in [3.05, 3.63) is 58.9 Å². The third-order valence-electron chi connectivity index (χ3n) is 3.88. The molecule has 0 radical (unpaired) electrons. The topological polar surface area (TPSA) is 42.2 Å². The third kappa shape index (κ3) is 2.47. The Kier molecular flexibility index (Phi) is 3.22. The molecule has 1 aromatic heterocycles. The lowest BCUT2D eigenvalue weighted by molar-refractivity contribution is 0.243. The third-order valence-corrected chi connectivity index (χ3v) is 3.88. The highest BCUT2D eigenvalue weighted by molar-refractivity contribution is 5.51. The van der Waals surface area contributed by atoms with Crippen LogP contribution in [0.5, 0.6) is 0 Å². The number of benzene rings is 1. The van der Waals surface area contributed by atoms with Crippen molar-refractivity contribution in [1.82, 2.24) is 9.88 Å². The number of anilines is 1. The van der Waals surface area contributed by atoms with E-state index >= 15 is 0 Å². The number of hydrogen-bond acceptors (Lipinski definition) is 3. The fourth-order valence-electron chi connectivity index (χ4n) is 2.69. The molecule has 3 nitrogen and oxygen atoms in total. The Morgan fingerprint density at radius 2 is 2.16 bits per heavy atom. The van der Waals surface area contributed by atoms with Gasteiger partial charge in [-0.3, -0.25) is 9.88 Å². The van der Waals surface area contributed by atoms with Gasteiger partial charge in [0, 0.05) is 31.5 Å². The van der Waals surface area contributed by atoms with Crippen molar-refractivity contribution in [3.63, 3.8) is 0 Å². The Morgan fingerprint density at radius 1 is 1.26 bits per heavy atom. The van der Waals surface area contributed by atoms with Crippen LogP contribution in [0.2, 0.25) is 0 Å². The zero-order valence-electron chi connectivity index (χ0n) is 11.3. The van der Waals surface area contributed by atoms with Gasteiger partial charge in [0.2, 0.25) is 0 Å². The maximum absolute atomic E-state index is 6.08. The molecule has 2 aromatic rings. The van der Waals surface area contributed by atoms with E-state index in [2.05, 4.69) is 28.9 Å². The fourth-order valence-corrected chi connectivity index (χ4v) is 2.69. The van der Waals surface area contributed by atoms with Gasteiger partial charge in [-0.15, -0.1) is 0 Å². The van der Waals surface area contributed by atoms with Crippen molar-refractivity contribution in [2.45, 2.75) is 26.4 Å². The van der Waals surface area contributed by atoms with Crippen LogP contribution in [-0.4, -0.2) is 16.4 Å². The number of nitrogen functional groups attached to an aromatic ring is 1. The summed E-state index contributed by atoms with van der Waals surface area (Å²) in [5.74, 6) is 0. The molecule has 0 fully saturated rings.